The Morgan fingerprint density at radius 2 is 0.524 bits per heavy atom. The summed E-state index contributed by atoms with van der Waals surface area (Å²) in [5, 5.41) is 21.9. The summed E-state index contributed by atoms with van der Waals surface area (Å²) in [7, 11) is 0. The maximum atomic E-state index is 13.7. The largest absolute Gasteiger partial charge is 0.494 e. The standard InChI is InChI=1S/C62H74N12O10/c1-5-21-55(75)67-47-25-17-29-51(63-47)71-59(79)41-35-42(60(80)72-52-30-18-26-48(64-52)68-56(76)22-6-2)38-45(37-41)83-33-15-13-11-9-10-12-14-16-34-84-46-39-43(61(81)73-53-31-19-27-49(65-53)69-57(77)23-7-3)36-44(40-46)62(82)74-54-32-20-28-50(66-54)70-58(78)24-8-4/h17-20,25-32,35-40H,5-16,21-24,33-34H2,1-4H3,(H2,63,67,71,75,79)(H2,64,68,72,76,80)(H2,65,69,73,77,81)(H2,66,70,74,78,82). The third kappa shape index (κ3) is 22.0. The van der Waals surface area contributed by atoms with E-state index in [2.05, 4.69) is 62.5 Å². The minimum Gasteiger partial charge on any atom is -0.494 e. The molecule has 0 saturated carbocycles. The van der Waals surface area contributed by atoms with Gasteiger partial charge in [-0.3, -0.25) is 38.4 Å². The molecule has 0 bridgehead atoms. The zero-order chi connectivity index (χ0) is 60.1. The SMILES string of the molecule is CCCC(=O)Nc1cccc(NC(=O)c2cc(OCCCCCCCCCCOc3cc(C(=O)Nc4cccc(NC(=O)CCC)n4)cc(C(=O)Nc4cccc(NC(=O)CCC)n4)c3)cc(C(=O)Nc3cccc(NC(=O)CCC)n3)c2)n1. The molecule has 0 unspecified atom stereocenters. The van der Waals surface area contributed by atoms with Crippen molar-refractivity contribution in [2.24, 2.45) is 0 Å². The van der Waals surface area contributed by atoms with Crippen LogP contribution < -0.4 is 52.0 Å². The van der Waals surface area contributed by atoms with Gasteiger partial charge in [0.25, 0.3) is 23.6 Å². The number of nitrogens with one attached hydrogen (secondary N) is 8. The van der Waals surface area contributed by atoms with Crippen molar-refractivity contribution in [2.75, 3.05) is 55.7 Å². The van der Waals surface area contributed by atoms with E-state index in [1.165, 1.54) is 12.1 Å². The first kappa shape index (κ1) is 63.6. The maximum absolute atomic E-state index is 13.7. The Hall–Kier alpha value is -9.60. The lowest BCUT2D eigenvalue weighted by Gasteiger charge is -2.13. The van der Waals surface area contributed by atoms with Crippen molar-refractivity contribution in [2.45, 2.75) is 130 Å². The van der Waals surface area contributed by atoms with Gasteiger partial charge in [-0.1, -0.05) is 90.5 Å². The lowest BCUT2D eigenvalue weighted by atomic mass is 10.1. The zero-order valence-electron chi connectivity index (χ0n) is 48.0. The highest BCUT2D eigenvalue weighted by Gasteiger charge is 2.19. The maximum Gasteiger partial charge on any atom is 0.256 e. The van der Waals surface area contributed by atoms with Crippen LogP contribution in [0.2, 0.25) is 0 Å². The molecule has 0 aliphatic carbocycles. The van der Waals surface area contributed by atoms with Crippen molar-refractivity contribution in [1.29, 1.82) is 0 Å². The van der Waals surface area contributed by atoms with Gasteiger partial charge in [-0.05, 0) is 123 Å². The number of aromatic nitrogens is 4. The fraction of sp³-hybridized carbons (Fsp3) is 0.355. The Morgan fingerprint density at radius 3 is 0.750 bits per heavy atom. The first-order valence-electron chi connectivity index (χ1n) is 28.6. The number of anilines is 8. The molecule has 84 heavy (non-hydrogen) atoms. The number of hydrogen-bond donors (Lipinski definition) is 8. The molecule has 4 aromatic heterocycles. The lowest BCUT2D eigenvalue weighted by Crippen LogP contribution is -2.18. The fourth-order valence-electron chi connectivity index (χ4n) is 8.31. The molecule has 6 aromatic rings. The number of pyridine rings is 4. The van der Waals surface area contributed by atoms with Crippen molar-refractivity contribution in [1.82, 2.24) is 19.9 Å². The van der Waals surface area contributed by atoms with Crippen LogP contribution in [0.1, 0.15) is 172 Å². The Morgan fingerprint density at radius 1 is 0.310 bits per heavy atom. The Labute approximate surface area is 488 Å². The number of amides is 8. The molecule has 22 nitrogen and oxygen atoms in total. The van der Waals surface area contributed by atoms with Crippen LogP contribution in [0.5, 0.6) is 11.5 Å². The first-order valence-corrected chi connectivity index (χ1v) is 28.6. The van der Waals surface area contributed by atoms with Gasteiger partial charge in [0.2, 0.25) is 23.6 Å². The second-order valence-corrected chi connectivity index (χ2v) is 19.7. The van der Waals surface area contributed by atoms with E-state index < -0.39 is 23.6 Å². The van der Waals surface area contributed by atoms with E-state index in [4.69, 9.17) is 9.47 Å². The molecule has 442 valence electrons. The summed E-state index contributed by atoms with van der Waals surface area (Å²) in [6, 6.07) is 28.5. The topological polar surface area (TPSA) is 303 Å². The molecule has 22 heteroatoms. The number of carbonyl (C=O) groups is 8. The van der Waals surface area contributed by atoms with E-state index in [0.29, 0.717) is 88.9 Å². The second kappa shape index (κ2) is 34.0. The fourth-order valence-corrected chi connectivity index (χ4v) is 8.31. The van der Waals surface area contributed by atoms with Crippen molar-refractivity contribution in [3.8, 4) is 11.5 Å². The molecule has 0 aliphatic rings. The average molecular weight is 1150 g/mol. The highest BCUT2D eigenvalue weighted by atomic mass is 16.5. The van der Waals surface area contributed by atoms with Crippen molar-refractivity contribution < 1.29 is 47.8 Å². The van der Waals surface area contributed by atoms with Crippen LogP contribution in [-0.4, -0.2) is 80.4 Å². The van der Waals surface area contributed by atoms with Crippen molar-refractivity contribution >= 4 is 93.8 Å². The number of ether oxygens (including phenoxy) is 2. The highest BCUT2D eigenvalue weighted by molar-refractivity contribution is 6.10. The van der Waals surface area contributed by atoms with E-state index in [0.717, 1.165) is 38.5 Å². The molecule has 6 rings (SSSR count). The molecule has 2 aromatic carbocycles. The number of unbranched alkanes of at least 4 members (excludes halogenated alkanes) is 7. The van der Waals surface area contributed by atoms with Crippen LogP contribution in [0.15, 0.2) is 109 Å². The molecule has 8 amide bonds. The summed E-state index contributed by atoms with van der Waals surface area (Å²) in [4.78, 5) is 121. The molecule has 0 atom stereocenters. The molecule has 8 N–H and O–H groups in total. The van der Waals surface area contributed by atoms with Gasteiger partial charge in [0.15, 0.2) is 0 Å². The monoisotopic (exact) mass is 1150 g/mol. The Balaban J connectivity index is 1.01. The number of rotatable bonds is 33. The Bertz CT molecular complexity index is 2840. The van der Waals surface area contributed by atoms with Crippen LogP contribution in [0.3, 0.4) is 0 Å². The van der Waals surface area contributed by atoms with E-state index in [-0.39, 0.29) is 92.4 Å². The summed E-state index contributed by atoms with van der Waals surface area (Å²) < 4.78 is 12.3. The zero-order valence-corrected chi connectivity index (χ0v) is 48.0. The van der Waals surface area contributed by atoms with Gasteiger partial charge in [0.1, 0.15) is 58.0 Å². The predicted molar refractivity (Wildman–Crippen MR) is 324 cm³/mol. The number of nitrogens with zero attached hydrogens (tertiary/aromatic N) is 4. The quantitative estimate of drug-likeness (QED) is 0.0178. The summed E-state index contributed by atoms with van der Waals surface area (Å²) in [6.07, 6.45) is 11.0. The van der Waals surface area contributed by atoms with Gasteiger partial charge in [0, 0.05) is 47.9 Å². The van der Waals surface area contributed by atoms with Gasteiger partial charge >= 0.3 is 0 Å². The summed E-state index contributed by atoms with van der Waals surface area (Å²) in [5.41, 5.74) is 0.505. The number of benzene rings is 2. The summed E-state index contributed by atoms with van der Waals surface area (Å²) in [6.45, 7) is 8.21. The van der Waals surface area contributed by atoms with Crippen molar-refractivity contribution in [3.05, 3.63) is 131 Å². The van der Waals surface area contributed by atoms with Crippen molar-refractivity contribution in [3.63, 3.8) is 0 Å². The first-order chi connectivity index (χ1) is 40.7. The Kier molecular flexibility index (Phi) is 25.7. The molecular weight excluding hydrogens is 1070 g/mol. The minimum atomic E-state index is -0.562. The lowest BCUT2D eigenvalue weighted by molar-refractivity contribution is -0.117. The van der Waals surface area contributed by atoms with Gasteiger partial charge in [-0.2, -0.15) is 0 Å². The average Bonchev–Trinajstić information content (AvgIpc) is 3.53. The van der Waals surface area contributed by atoms with Gasteiger partial charge in [0.05, 0.1) is 13.2 Å². The normalized spacial score (nSPS) is 10.7. The smallest absolute Gasteiger partial charge is 0.256 e. The van der Waals surface area contributed by atoms with Crippen LogP contribution in [0.25, 0.3) is 0 Å². The summed E-state index contributed by atoms with van der Waals surface area (Å²) >= 11 is 0. The predicted octanol–water partition coefficient (Wildman–Crippen LogP) is 11.8. The van der Waals surface area contributed by atoms with E-state index in [1.807, 2.05) is 27.7 Å². The summed E-state index contributed by atoms with van der Waals surface area (Å²) in [5.74, 6) is -0.572. The van der Waals surface area contributed by atoms with Gasteiger partial charge in [-0.25, -0.2) is 19.9 Å². The highest BCUT2D eigenvalue weighted by Crippen LogP contribution is 2.24. The van der Waals surface area contributed by atoms with Crippen LogP contribution in [0, 0.1) is 0 Å². The van der Waals surface area contributed by atoms with Crippen LogP contribution >= 0.6 is 0 Å². The second-order valence-electron chi connectivity index (χ2n) is 19.7. The number of carbonyl (C=O) groups excluding carboxylic acids is 8. The third-order valence-electron chi connectivity index (χ3n) is 12.4. The molecule has 0 fully saturated rings. The van der Waals surface area contributed by atoms with Crippen LogP contribution in [-0.2, 0) is 19.2 Å². The number of hydrogen-bond acceptors (Lipinski definition) is 14. The molecule has 0 aliphatic heterocycles. The minimum absolute atomic E-state index is 0.126. The molecule has 0 spiro atoms. The molecule has 0 radical (unpaired) electrons. The van der Waals surface area contributed by atoms with Gasteiger partial charge < -0.3 is 52.0 Å². The third-order valence-corrected chi connectivity index (χ3v) is 12.4. The van der Waals surface area contributed by atoms with E-state index >= 15 is 0 Å². The molecular formula is C62H74N12O10. The molecule has 4 heterocycles. The van der Waals surface area contributed by atoms with E-state index in [9.17, 15) is 38.4 Å². The molecule has 0 saturated heterocycles. The van der Waals surface area contributed by atoms with Crippen LogP contribution in [0.4, 0.5) is 46.5 Å². The van der Waals surface area contributed by atoms with E-state index in [1.54, 1.807) is 97.1 Å². The van der Waals surface area contributed by atoms with Gasteiger partial charge in [-0.15, -0.1) is 0 Å².